The number of fused-ring (bicyclic) bond motifs is 1. The van der Waals surface area contributed by atoms with Crippen molar-refractivity contribution in [3.8, 4) is 0 Å². The zero-order valence-electron chi connectivity index (χ0n) is 13.0. The summed E-state index contributed by atoms with van der Waals surface area (Å²) in [5.74, 6) is 1.86. The molecule has 1 atom stereocenters. The summed E-state index contributed by atoms with van der Waals surface area (Å²) in [4.78, 5) is 7.32. The molecule has 1 aliphatic rings. The number of hydrogen-bond acceptors (Lipinski definition) is 3. The molecule has 0 bridgehead atoms. The molecule has 1 aromatic heterocycles. The minimum atomic E-state index is 0.155. The highest BCUT2D eigenvalue weighted by atomic mass is 16.3. The molecule has 1 N–H and O–H groups in total. The molecule has 1 aliphatic heterocycles. The fourth-order valence-electron chi connectivity index (χ4n) is 3.39. The minimum Gasteiger partial charge on any atom is -0.395 e. The molecule has 0 amide bonds. The van der Waals surface area contributed by atoms with Crippen LogP contribution in [-0.4, -0.2) is 39.3 Å². The molecule has 0 saturated carbocycles. The second kappa shape index (κ2) is 6.16. The normalized spacial score (nSPS) is 20.2. The molecule has 1 unspecified atom stereocenters. The van der Waals surface area contributed by atoms with E-state index in [2.05, 4.69) is 41.5 Å². The first kappa shape index (κ1) is 14.5. The first-order chi connectivity index (χ1) is 10.2. The van der Waals surface area contributed by atoms with Crippen LogP contribution in [0.4, 0.5) is 0 Å². The van der Waals surface area contributed by atoms with Crippen molar-refractivity contribution in [2.24, 2.45) is 5.92 Å². The number of imidazole rings is 1. The third-order valence-electron chi connectivity index (χ3n) is 4.41. The van der Waals surface area contributed by atoms with Gasteiger partial charge in [-0.2, -0.15) is 0 Å². The van der Waals surface area contributed by atoms with E-state index in [0.717, 1.165) is 42.4 Å². The highest BCUT2D eigenvalue weighted by Gasteiger charge is 2.19. The van der Waals surface area contributed by atoms with Gasteiger partial charge in [0, 0.05) is 13.1 Å². The Labute approximate surface area is 126 Å². The lowest BCUT2D eigenvalue weighted by Gasteiger charge is -2.30. The number of nitrogens with zero attached hydrogens (tertiary/aromatic N) is 3. The summed E-state index contributed by atoms with van der Waals surface area (Å²) in [7, 11) is 0. The maximum atomic E-state index is 9.36. The standard InChI is InChI=1S/C17H25N3O/c1-13-5-6-16-15(10-13)18-17(20(16)8-9-21)12-19-7-3-4-14(2)11-19/h5-6,10,14,21H,3-4,7-9,11-12H2,1-2H3. The quantitative estimate of drug-likeness (QED) is 0.939. The van der Waals surface area contributed by atoms with Crippen LogP contribution in [0.1, 0.15) is 31.2 Å². The highest BCUT2D eigenvalue weighted by molar-refractivity contribution is 5.76. The van der Waals surface area contributed by atoms with Gasteiger partial charge in [0.15, 0.2) is 0 Å². The van der Waals surface area contributed by atoms with Crippen LogP contribution in [0.25, 0.3) is 11.0 Å². The van der Waals surface area contributed by atoms with Crippen LogP contribution in [0.15, 0.2) is 18.2 Å². The molecule has 0 radical (unpaired) electrons. The van der Waals surface area contributed by atoms with Crippen LogP contribution in [0, 0.1) is 12.8 Å². The summed E-state index contributed by atoms with van der Waals surface area (Å²) in [5.41, 5.74) is 3.41. The number of hydrogen-bond donors (Lipinski definition) is 1. The van der Waals surface area contributed by atoms with Gasteiger partial charge >= 0.3 is 0 Å². The Morgan fingerprint density at radius 3 is 3.00 bits per heavy atom. The largest absolute Gasteiger partial charge is 0.395 e. The second-order valence-electron chi connectivity index (χ2n) is 6.38. The molecule has 21 heavy (non-hydrogen) atoms. The predicted octanol–water partition coefficient (Wildman–Crippen LogP) is 2.57. The Kier molecular flexibility index (Phi) is 4.27. The van der Waals surface area contributed by atoms with Gasteiger partial charge in [-0.1, -0.05) is 13.0 Å². The SMILES string of the molecule is Cc1ccc2c(c1)nc(CN1CCCC(C)C1)n2CCO. The second-order valence-corrected chi connectivity index (χ2v) is 6.38. The van der Waals surface area contributed by atoms with Gasteiger partial charge in [0.25, 0.3) is 0 Å². The molecule has 1 fully saturated rings. The van der Waals surface area contributed by atoms with Gasteiger partial charge in [0.2, 0.25) is 0 Å². The maximum absolute atomic E-state index is 9.36. The van der Waals surface area contributed by atoms with Gasteiger partial charge in [-0.25, -0.2) is 4.98 Å². The van der Waals surface area contributed by atoms with Crippen LogP contribution in [0.2, 0.25) is 0 Å². The van der Waals surface area contributed by atoms with E-state index in [4.69, 9.17) is 4.98 Å². The Morgan fingerprint density at radius 2 is 2.24 bits per heavy atom. The maximum Gasteiger partial charge on any atom is 0.124 e. The van der Waals surface area contributed by atoms with E-state index in [1.54, 1.807) is 0 Å². The summed E-state index contributed by atoms with van der Waals surface area (Å²) < 4.78 is 2.17. The molecule has 0 spiro atoms. The summed E-state index contributed by atoms with van der Waals surface area (Å²) in [6.07, 6.45) is 2.61. The molecule has 2 aromatic rings. The van der Waals surface area contributed by atoms with Gasteiger partial charge in [0.1, 0.15) is 5.82 Å². The number of likely N-dealkylation sites (tertiary alicyclic amines) is 1. The van der Waals surface area contributed by atoms with Crippen molar-refractivity contribution in [1.29, 1.82) is 0 Å². The molecule has 0 aliphatic carbocycles. The number of aryl methyl sites for hydroxylation is 1. The lowest BCUT2D eigenvalue weighted by atomic mass is 10.0. The summed E-state index contributed by atoms with van der Waals surface area (Å²) >= 11 is 0. The van der Waals surface area contributed by atoms with Gasteiger partial charge in [-0.15, -0.1) is 0 Å². The fourth-order valence-corrected chi connectivity index (χ4v) is 3.39. The van der Waals surface area contributed by atoms with Crippen molar-refractivity contribution < 1.29 is 5.11 Å². The van der Waals surface area contributed by atoms with E-state index in [-0.39, 0.29) is 6.61 Å². The van der Waals surface area contributed by atoms with Gasteiger partial charge < -0.3 is 9.67 Å². The van der Waals surface area contributed by atoms with Crippen LogP contribution < -0.4 is 0 Å². The molecule has 4 nitrogen and oxygen atoms in total. The van der Waals surface area contributed by atoms with Gasteiger partial charge in [-0.05, 0) is 49.9 Å². The van der Waals surface area contributed by atoms with Gasteiger partial charge in [0.05, 0.1) is 24.2 Å². The topological polar surface area (TPSA) is 41.3 Å². The minimum absolute atomic E-state index is 0.155. The van der Waals surface area contributed by atoms with Crippen LogP contribution in [0.3, 0.4) is 0 Å². The monoisotopic (exact) mass is 287 g/mol. The van der Waals surface area contributed by atoms with Crippen molar-refractivity contribution in [1.82, 2.24) is 14.5 Å². The van der Waals surface area contributed by atoms with Crippen molar-refractivity contribution in [2.75, 3.05) is 19.7 Å². The zero-order valence-corrected chi connectivity index (χ0v) is 13.0. The van der Waals surface area contributed by atoms with Crippen LogP contribution >= 0.6 is 0 Å². The van der Waals surface area contributed by atoms with E-state index in [0.29, 0.717) is 6.54 Å². The Balaban J connectivity index is 1.90. The number of piperidine rings is 1. The molecule has 2 heterocycles. The first-order valence-corrected chi connectivity index (χ1v) is 7.96. The van der Waals surface area contributed by atoms with E-state index in [1.807, 2.05) is 0 Å². The average molecular weight is 287 g/mol. The molecule has 3 rings (SSSR count). The van der Waals surface area contributed by atoms with E-state index in [1.165, 1.54) is 18.4 Å². The third kappa shape index (κ3) is 3.11. The van der Waals surface area contributed by atoms with E-state index < -0.39 is 0 Å². The number of rotatable bonds is 4. The first-order valence-electron chi connectivity index (χ1n) is 7.96. The Hall–Kier alpha value is -1.39. The Bertz CT molecular complexity index is 620. The van der Waals surface area contributed by atoms with Gasteiger partial charge in [-0.3, -0.25) is 4.90 Å². The number of aliphatic hydroxyl groups is 1. The van der Waals surface area contributed by atoms with Crippen molar-refractivity contribution in [2.45, 2.75) is 39.8 Å². The lowest BCUT2D eigenvalue weighted by Crippen LogP contribution is -2.34. The smallest absolute Gasteiger partial charge is 0.124 e. The lowest BCUT2D eigenvalue weighted by molar-refractivity contribution is 0.170. The Morgan fingerprint density at radius 1 is 1.38 bits per heavy atom. The van der Waals surface area contributed by atoms with E-state index in [9.17, 15) is 5.11 Å². The molecule has 4 heteroatoms. The number of aliphatic hydroxyl groups excluding tert-OH is 1. The van der Waals surface area contributed by atoms with Crippen molar-refractivity contribution in [3.63, 3.8) is 0 Å². The van der Waals surface area contributed by atoms with Crippen molar-refractivity contribution in [3.05, 3.63) is 29.6 Å². The summed E-state index contributed by atoms with van der Waals surface area (Å²) in [5, 5.41) is 9.36. The van der Waals surface area contributed by atoms with E-state index >= 15 is 0 Å². The van der Waals surface area contributed by atoms with Crippen molar-refractivity contribution >= 4 is 11.0 Å². The molecule has 1 aromatic carbocycles. The molecule has 114 valence electrons. The average Bonchev–Trinajstić information content (AvgIpc) is 2.76. The highest BCUT2D eigenvalue weighted by Crippen LogP contribution is 2.21. The molecule has 1 saturated heterocycles. The number of benzene rings is 1. The van der Waals surface area contributed by atoms with Crippen LogP contribution in [0.5, 0.6) is 0 Å². The zero-order chi connectivity index (χ0) is 14.8. The summed E-state index contributed by atoms with van der Waals surface area (Å²) in [6, 6.07) is 6.37. The van der Waals surface area contributed by atoms with Crippen LogP contribution in [-0.2, 0) is 13.1 Å². The fraction of sp³-hybridized carbons (Fsp3) is 0.588. The number of aromatic nitrogens is 2. The molecular formula is C17H25N3O. The third-order valence-corrected chi connectivity index (χ3v) is 4.41. The summed E-state index contributed by atoms with van der Waals surface area (Å²) in [6.45, 7) is 8.40. The molecular weight excluding hydrogens is 262 g/mol. The predicted molar refractivity (Wildman–Crippen MR) is 85.2 cm³/mol.